The maximum atomic E-state index is 12.4. The molecule has 9 heteroatoms. The number of rotatable bonds is 8. The van der Waals surface area contributed by atoms with Gasteiger partial charge >= 0.3 is 0 Å². The van der Waals surface area contributed by atoms with Crippen LogP contribution in [0.4, 0.5) is 0 Å². The number of amides is 1. The third-order valence-corrected chi connectivity index (χ3v) is 6.60. The molecular formula is C27H30N6O2S. The molecule has 0 saturated heterocycles. The van der Waals surface area contributed by atoms with Gasteiger partial charge in [-0.2, -0.15) is 5.10 Å². The Bertz CT molecular complexity index is 1350. The van der Waals surface area contributed by atoms with Crippen LogP contribution in [0.25, 0.3) is 17.1 Å². The Morgan fingerprint density at radius 2 is 1.81 bits per heavy atom. The van der Waals surface area contributed by atoms with Gasteiger partial charge in [0.15, 0.2) is 11.0 Å². The van der Waals surface area contributed by atoms with Crippen LogP contribution in [-0.4, -0.2) is 44.3 Å². The van der Waals surface area contributed by atoms with Gasteiger partial charge in [-0.1, -0.05) is 56.8 Å². The molecule has 0 bridgehead atoms. The maximum Gasteiger partial charge on any atom is 0.250 e. The Morgan fingerprint density at radius 3 is 2.42 bits per heavy atom. The average molecular weight is 503 g/mol. The van der Waals surface area contributed by atoms with Crippen LogP contribution in [-0.2, 0) is 17.3 Å². The largest absolute Gasteiger partial charge is 0.497 e. The number of ether oxygens (including phenoxy) is 1. The first-order valence-electron chi connectivity index (χ1n) is 11.5. The summed E-state index contributed by atoms with van der Waals surface area (Å²) in [5, 5.41) is 13.5. The van der Waals surface area contributed by atoms with Gasteiger partial charge in [-0.3, -0.25) is 9.36 Å². The number of hydrogen-bond acceptors (Lipinski definition) is 6. The van der Waals surface area contributed by atoms with Gasteiger partial charge < -0.3 is 9.30 Å². The Hall–Kier alpha value is -3.85. The third-order valence-electron chi connectivity index (χ3n) is 5.68. The van der Waals surface area contributed by atoms with Crippen molar-refractivity contribution in [1.29, 1.82) is 0 Å². The number of methoxy groups -OCH3 is 1. The minimum atomic E-state index is -0.231. The number of benzene rings is 2. The van der Waals surface area contributed by atoms with Crippen molar-refractivity contribution in [3.05, 3.63) is 78.1 Å². The van der Waals surface area contributed by atoms with E-state index in [1.807, 2.05) is 58.8 Å². The fraction of sp³-hybridized carbons (Fsp3) is 0.259. The monoisotopic (exact) mass is 502 g/mol. The molecular weight excluding hydrogens is 472 g/mol. The average Bonchev–Trinajstić information content (AvgIpc) is 3.48. The summed E-state index contributed by atoms with van der Waals surface area (Å²) >= 11 is 1.30. The van der Waals surface area contributed by atoms with Crippen LogP contribution in [0, 0.1) is 0 Å². The predicted molar refractivity (Wildman–Crippen MR) is 144 cm³/mol. The first-order valence-corrected chi connectivity index (χ1v) is 12.5. The number of aromatic nitrogens is 4. The lowest BCUT2D eigenvalue weighted by Gasteiger charge is -2.19. The molecule has 0 unspecified atom stereocenters. The molecule has 0 aliphatic heterocycles. The molecule has 2 aromatic carbocycles. The van der Waals surface area contributed by atoms with Gasteiger partial charge in [0.2, 0.25) is 0 Å². The lowest BCUT2D eigenvalue weighted by atomic mass is 9.87. The van der Waals surface area contributed by atoms with Crippen LogP contribution >= 0.6 is 11.8 Å². The second-order valence-corrected chi connectivity index (χ2v) is 10.2. The van der Waals surface area contributed by atoms with Crippen molar-refractivity contribution in [2.75, 3.05) is 12.9 Å². The number of thioether (sulfide) groups is 1. The van der Waals surface area contributed by atoms with E-state index >= 15 is 0 Å². The van der Waals surface area contributed by atoms with Crippen LogP contribution in [0.15, 0.2) is 77.1 Å². The fourth-order valence-electron chi connectivity index (χ4n) is 3.57. The third kappa shape index (κ3) is 5.85. The molecule has 2 aromatic heterocycles. The molecule has 8 nitrogen and oxygen atoms in total. The smallest absolute Gasteiger partial charge is 0.250 e. The maximum absolute atomic E-state index is 12.4. The highest BCUT2D eigenvalue weighted by Crippen LogP contribution is 2.30. The van der Waals surface area contributed by atoms with E-state index in [2.05, 4.69) is 65.8 Å². The van der Waals surface area contributed by atoms with Crippen molar-refractivity contribution in [3.8, 4) is 22.8 Å². The lowest BCUT2D eigenvalue weighted by Crippen LogP contribution is -2.20. The lowest BCUT2D eigenvalue weighted by molar-refractivity contribution is -0.118. The molecule has 4 rings (SSSR count). The molecule has 4 aromatic rings. The number of hydrazone groups is 1. The van der Waals surface area contributed by atoms with E-state index in [9.17, 15) is 4.79 Å². The van der Waals surface area contributed by atoms with Gasteiger partial charge in [-0.05, 0) is 47.4 Å². The molecule has 1 amide bonds. The van der Waals surface area contributed by atoms with E-state index in [1.54, 1.807) is 13.3 Å². The number of carbonyl (C=O) groups excluding carboxylic acids is 1. The Morgan fingerprint density at radius 1 is 1.08 bits per heavy atom. The number of aryl methyl sites for hydroxylation is 1. The summed E-state index contributed by atoms with van der Waals surface area (Å²) in [7, 11) is 3.55. The molecule has 0 fully saturated rings. The first-order chi connectivity index (χ1) is 17.3. The van der Waals surface area contributed by atoms with Gasteiger partial charge in [-0.15, -0.1) is 10.2 Å². The van der Waals surface area contributed by atoms with Gasteiger partial charge in [0.05, 0.1) is 24.8 Å². The van der Waals surface area contributed by atoms with Crippen LogP contribution < -0.4 is 10.2 Å². The molecule has 0 aliphatic carbocycles. The van der Waals surface area contributed by atoms with Gasteiger partial charge in [-0.25, -0.2) is 5.43 Å². The number of nitrogens with zero attached hydrogens (tertiary/aromatic N) is 5. The van der Waals surface area contributed by atoms with Crippen molar-refractivity contribution in [2.45, 2.75) is 31.3 Å². The predicted octanol–water partition coefficient (Wildman–Crippen LogP) is 4.82. The van der Waals surface area contributed by atoms with Crippen LogP contribution in [0.3, 0.4) is 0 Å². The molecule has 1 N–H and O–H groups in total. The molecule has 0 spiro atoms. The zero-order chi connectivity index (χ0) is 25.7. The van der Waals surface area contributed by atoms with Crippen molar-refractivity contribution < 1.29 is 9.53 Å². The summed E-state index contributed by atoms with van der Waals surface area (Å²) in [4.78, 5) is 12.4. The number of carbonyl (C=O) groups is 1. The topological polar surface area (TPSA) is 86.3 Å². The summed E-state index contributed by atoms with van der Waals surface area (Å²) < 4.78 is 9.18. The zero-order valence-electron chi connectivity index (χ0n) is 21.1. The minimum Gasteiger partial charge on any atom is -0.497 e. The zero-order valence-corrected chi connectivity index (χ0v) is 21.9. The fourth-order valence-corrected chi connectivity index (χ4v) is 4.32. The normalized spacial score (nSPS) is 11.7. The van der Waals surface area contributed by atoms with Gasteiger partial charge in [0.1, 0.15) is 5.75 Å². The van der Waals surface area contributed by atoms with Crippen LogP contribution in [0.2, 0.25) is 0 Å². The first kappa shape index (κ1) is 25.2. The molecule has 0 atom stereocenters. The molecule has 186 valence electrons. The van der Waals surface area contributed by atoms with Crippen LogP contribution in [0.5, 0.6) is 5.75 Å². The highest BCUT2D eigenvalue weighted by atomic mass is 32.2. The standard InChI is InChI=1S/C27H30N6O2S/c1-27(2,3)20-10-8-19(9-11-20)25-30-31-26(33(25)21-12-14-23(35-5)15-13-21)36-18-24(34)29-28-17-22-7-6-16-32(22)4/h6-17H,18H2,1-5H3,(H,29,34). The molecule has 0 radical (unpaired) electrons. The SMILES string of the molecule is COc1ccc(-n2c(SCC(=O)NN=Cc3cccn3C)nnc2-c2ccc(C(C)(C)C)cc2)cc1. The molecule has 0 saturated carbocycles. The minimum absolute atomic E-state index is 0.0548. The Balaban J connectivity index is 1.57. The van der Waals surface area contributed by atoms with Gasteiger partial charge in [0.25, 0.3) is 5.91 Å². The van der Waals surface area contributed by atoms with Gasteiger partial charge in [0, 0.05) is 24.5 Å². The van der Waals surface area contributed by atoms with E-state index < -0.39 is 0 Å². The number of hydrogen-bond donors (Lipinski definition) is 1. The molecule has 2 heterocycles. The van der Waals surface area contributed by atoms with Crippen molar-refractivity contribution in [3.63, 3.8) is 0 Å². The van der Waals surface area contributed by atoms with Crippen LogP contribution in [0.1, 0.15) is 32.0 Å². The van der Waals surface area contributed by atoms with E-state index in [0.717, 1.165) is 22.7 Å². The molecule has 0 aliphatic rings. The van der Waals surface area contributed by atoms with E-state index in [-0.39, 0.29) is 17.1 Å². The summed E-state index contributed by atoms with van der Waals surface area (Å²) in [5.41, 5.74) is 6.58. The van der Waals surface area contributed by atoms with Crippen molar-refractivity contribution >= 4 is 23.9 Å². The van der Waals surface area contributed by atoms with E-state index in [1.165, 1.54) is 17.3 Å². The van der Waals surface area contributed by atoms with E-state index in [0.29, 0.717) is 11.0 Å². The number of nitrogens with one attached hydrogen (secondary N) is 1. The van der Waals surface area contributed by atoms with E-state index in [4.69, 9.17) is 4.74 Å². The Kier molecular flexibility index (Phi) is 7.59. The molecule has 36 heavy (non-hydrogen) atoms. The van der Waals surface area contributed by atoms with Crippen molar-refractivity contribution in [2.24, 2.45) is 12.1 Å². The summed E-state index contributed by atoms with van der Waals surface area (Å²) in [6, 6.07) is 19.9. The summed E-state index contributed by atoms with van der Waals surface area (Å²) in [5.74, 6) is 1.37. The second-order valence-electron chi connectivity index (χ2n) is 9.29. The summed E-state index contributed by atoms with van der Waals surface area (Å²) in [6.45, 7) is 6.56. The second kappa shape index (κ2) is 10.8. The Labute approximate surface area is 215 Å². The quantitative estimate of drug-likeness (QED) is 0.212. The summed E-state index contributed by atoms with van der Waals surface area (Å²) in [6.07, 6.45) is 3.53. The van der Waals surface area contributed by atoms with Crippen molar-refractivity contribution in [1.82, 2.24) is 24.8 Å². The highest BCUT2D eigenvalue weighted by Gasteiger charge is 2.19. The highest BCUT2D eigenvalue weighted by molar-refractivity contribution is 7.99.